The average molecular weight is 279 g/mol. The molecule has 1 aliphatic carbocycles. The minimum atomic E-state index is -0.595. The van der Waals surface area contributed by atoms with Crippen LogP contribution in [0, 0.1) is 0 Å². The minimum Gasteiger partial charge on any atom is -0.388 e. The maximum absolute atomic E-state index is 9.91. The molecule has 1 aliphatic rings. The number of rotatable bonds is 8. The van der Waals surface area contributed by atoms with E-state index in [4.69, 9.17) is 15.2 Å². The Morgan fingerprint density at radius 3 is 2.50 bits per heavy atom. The van der Waals surface area contributed by atoms with E-state index in [0.717, 1.165) is 31.2 Å². The molecule has 1 unspecified atom stereocenters. The molecule has 1 aromatic rings. The molecular weight excluding hydrogens is 254 g/mol. The molecule has 0 heterocycles. The van der Waals surface area contributed by atoms with Crippen LogP contribution in [-0.2, 0) is 16.1 Å². The average Bonchev–Trinajstić information content (AvgIpc) is 2.96. The number of benzene rings is 1. The Balaban J connectivity index is 1.64. The van der Waals surface area contributed by atoms with E-state index in [-0.39, 0.29) is 12.2 Å². The monoisotopic (exact) mass is 279 g/mol. The van der Waals surface area contributed by atoms with Crippen molar-refractivity contribution in [3.8, 4) is 0 Å². The van der Waals surface area contributed by atoms with Gasteiger partial charge >= 0.3 is 0 Å². The highest BCUT2D eigenvalue weighted by Gasteiger charge is 2.33. The molecule has 1 atom stereocenters. The Kier molecular flexibility index (Phi) is 5.98. The highest BCUT2D eigenvalue weighted by atomic mass is 16.5. The number of ether oxygens (including phenoxy) is 2. The van der Waals surface area contributed by atoms with Gasteiger partial charge in [-0.3, -0.25) is 0 Å². The molecule has 2 rings (SSSR count). The fourth-order valence-corrected chi connectivity index (χ4v) is 2.63. The first-order valence-electron chi connectivity index (χ1n) is 7.38. The zero-order valence-corrected chi connectivity index (χ0v) is 12.0. The fourth-order valence-electron chi connectivity index (χ4n) is 2.63. The van der Waals surface area contributed by atoms with Gasteiger partial charge in [0.25, 0.3) is 0 Å². The van der Waals surface area contributed by atoms with E-state index >= 15 is 0 Å². The van der Waals surface area contributed by atoms with Gasteiger partial charge in [-0.15, -0.1) is 0 Å². The van der Waals surface area contributed by atoms with Crippen LogP contribution in [0.3, 0.4) is 0 Å². The van der Waals surface area contributed by atoms with Gasteiger partial charge in [0.05, 0.1) is 25.4 Å². The molecule has 0 aliphatic heterocycles. The van der Waals surface area contributed by atoms with E-state index in [0.29, 0.717) is 19.8 Å². The third-order valence-electron chi connectivity index (χ3n) is 3.89. The van der Waals surface area contributed by atoms with E-state index in [1.807, 2.05) is 30.3 Å². The largest absolute Gasteiger partial charge is 0.388 e. The highest BCUT2D eigenvalue weighted by Crippen LogP contribution is 2.32. The summed E-state index contributed by atoms with van der Waals surface area (Å²) in [5.41, 5.74) is 6.69. The summed E-state index contributed by atoms with van der Waals surface area (Å²) in [6, 6.07) is 9.93. The SMILES string of the molecule is NCC1(OCC(O)COCc2ccccc2)CCCC1. The third-order valence-corrected chi connectivity index (χ3v) is 3.89. The van der Waals surface area contributed by atoms with Gasteiger partial charge in [-0.2, -0.15) is 0 Å². The number of hydrogen-bond donors (Lipinski definition) is 2. The zero-order chi connectivity index (χ0) is 14.3. The summed E-state index contributed by atoms with van der Waals surface area (Å²) < 4.78 is 11.4. The lowest BCUT2D eigenvalue weighted by Gasteiger charge is -2.28. The van der Waals surface area contributed by atoms with Crippen LogP contribution < -0.4 is 5.73 Å². The first kappa shape index (κ1) is 15.4. The Labute approximate surface area is 120 Å². The predicted molar refractivity (Wildman–Crippen MR) is 78.3 cm³/mol. The second-order valence-corrected chi connectivity index (χ2v) is 5.56. The highest BCUT2D eigenvalue weighted by molar-refractivity contribution is 5.13. The van der Waals surface area contributed by atoms with Crippen molar-refractivity contribution in [2.75, 3.05) is 19.8 Å². The summed E-state index contributed by atoms with van der Waals surface area (Å²) in [6.07, 6.45) is 3.74. The second-order valence-electron chi connectivity index (χ2n) is 5.56. The first-order chi connectivity index (χ1) is 9.74. The zero-order valence-electron chi connectivity index (χ0n) is 12.0. The summed E-state index contributed by atoms with van der Waals surface area (Å²) in [4.78, 5) is 0. The van der Waals surface area contributed by atoms with Crippen LogP contribution in [0.25, 0.3) is 0 Å². The van der Waals surface area contributed by atoms with Crippen molar-refractivity contribution < 1.29 is 14.6 Å². The van der Waals surface area contributed by atoms with Crippen LogP contribution in [0.4, 0.5) is 0 Å². The van der Waals surface area contributed by atoms with Gasteiger partial charge in [0.15, 0.2) is 0 Å². The van der Waals surface area contributed by atoms with Gasteiger partial charge in [-0.1, -0.05) is 43.2 Å². The lowest BCUT2D eigenvalue weighted by Crippen LogP contribution is -2.40. The van der Waals surface area contributed by atoms with E-state index < -0.39 is 6.10 Å². The van der Waals surface area contributed by atoms with Gasteiger partial charge in [-0.25, -0.2) is 0 Å². The van der Waals surface area contributed by atoms with Crippen molar-refractivity contribution in [3.63, 3.8) is 0 Å². The minimum absolute atomic E-state index is 0.208. The number of aliphatic hydroxyl groups is 1. The third kappa shape index (κ3) is 4.56. The smallest absolute Gasteiger partial charge is 0.101 e. The molecule has 0 saturated heterocycles. The second kappa shape index (κ2) is 7.74. The summed E-state index contributed by atoms with van der Waals surface area (Å²) in [5, 5.41) is 9.91. The quantitative estimate of drug-likeness (QED) is 0.762. The maximum atomic E-state index is 9.91. The standard InChI is InChI=1S/C16H25NO3/c17-13-16(8-4-5-9-16)20-12-15(18)11-19-10-14-6-2-1-3-7-14/h1-3,6-7,15,18H,4-5,8-13,17H2. The lowest BCUT2D eigenvalue weighted by atomic mass is 10.0. The topological polar surface area (TPSA) is 64.7 Å². The Morgan fingerprint density at radius 1 is 1.15 bits per heavy atom. The van der Waals surface area contributed by atoms with E-state index in [9.17, 15) is 5.11 Å². The van der Waals surface area contributed by atoms with E-state index in [1.54, 1.807) is 0 Å². The molecule has 4 nitrogen and oxygen atoms in total. The number of nitrogens with two attached hydrogens (primary N) is 1. The van der Waals surface area contributed by atoms with Crippen molar-refractivity contribution >= 4 is 0 Å². The normalized spacial score (nSPS) is 19.1. The number of aliphatic hydroxyl groups excluding tert-OH is 1. The molecule has 0 radical (unpaired) electrons. The summed E-state index contributed by atoms with van der Waals surface area (Å²) in [7, 11) is 0. The van der Waals surface area contributed by atoms with Crippen LogP contribution in [0.2, 0.25) is 0 Å². The fraction of sp³-hybridized carbons (Fsp3) is 0.625. The molecule has 1 saturated carbocycles. The van der Waals surface area contributed by atoms with Crippen LogP contribution >= 0.6 is 0 Å². The number of hydrogen-bond acceptors (Lipinski definition) is 4. The van der Waals surface area contributed by atoms with Crippen LogP contribution in [0.5, 0.6) is 0 Å². The van der Waals surface area contributed by atoms with Crippen molar-refractivity contribution in [2.45, 2.75) is 44.0 Å². The molecule has 0 bridgehead atoms. The molecular formula is C16H25NO3. The summed E-state index contributed by atoms with van der Waals surface area (Å²) in [5.74, 6) is 0. The van der Waals surface area contributed by atoms with Gasteiger partial charge in [0.2, 0.25) is 0 Å². The molecule has 0 aromatic heterocycles. The van der Waals surface area contributed by atoms with Crippen LogP contribution in [-0.4, -0.2) is 36.6 Å². The predicted octanol–water partition coefficient (Wildman–Crippen LogP) is 1.85. The molecule has 20 heavy (non-hydrogen) atoms. The molecule has 0 amide bonds. The van der Waals surface area contributed by atoms with E-state index in [2.05, 4.69) is 0 Å². The molecule has 112 valence electrons. The van der Waals surface area contributed by atoms with E-state index in [1.165, 1.54) is 0 Å². The summed E-state index contributed by atoms with van der Waals surface area (Å²) in [6.45, 7) is 1.63. The van der Waals surface area contributed by atoms with Crippen LogP contribution in [0.1, 0.15) is 31.2 Å². The van der Waals surface area contributed by atoms with Gasteiger partial charge in [0.1, 0.15) is 6.10 Å². The Bertz CT molecular complexity index is 377. The molecule has 0 spiro atoms. The van der Waals surface area contributed by atoms with Crippen molar-refractivity contribution in [3.05, 3.63) is 35.9 Å². The van der Waals surface area contributed by atoms with Crippen LogP contribution in [0.15, 0.2) is 30.3 Å². The molecule has 1 fully saturated rings. The van der Waals surface area contributed by atoms with Crippen molar-refractivity contribution in [1.82, 2.24) is 0 Å². The van der Waals surface area contributed by atoms with Gasteiger partial charge in [0, 0.05) is 6.54 Å². The molecule has 1 aromatic carbocycles. The maximum Gasteiger partial charge on any atom is 0.101 e. The lowest BCUT2D eigenvalue weighted by molar-refractivity contribution is -0.0896. The first-order valence-corrected chi connectivity index (χ1v) is 7.38. The van der Waals surface area contributed by atoms with Gasteiger partial charge in [-0.05, 0) is 18.4 Å². The van der Waals surface area contributed by atoms with Gasteiger partial charge < -0.3 is 20.3 Å². The Hall–Kier alpha value is -0.940. The Morgan fingerprint density at radius 2 is 1.85 bits per heavy atom. The molecule has 3 N–H and O–H groups in total. The molecule has 4 heteroatoms. The van der Waals surface area contributed by atoms with Crippen molar-refractivity contribution in [2.24, 2.45) is 5.73 Å². The summed E-state index contributed by atoms with van der Waals surface area (Å²) >= 11 is 0. The van der Waals surface area contributed by atoms with Crippen molar-refractivity contribution in [1.29, 1.82) is 0 Å².